The first-order chi connectivity index (χ1) is 15.5. The van der Waals surface area contributed by atoms with Crippen molar-refractivity contribution in [1.82, 2.24) is 15.1 Å². The van der Waals surface area contributed by atoms with Crippen LogP contribution in [0.25, 0.3) is 0 Å². The van der Waals surface area contributed by atoms with Crippen molar-refractivity contribution in [3.8, 4) is 0 Å². The maximum atomic E-state index is 13.5. The van der Waals surface area contributed by atoms with Gasteiger partial charge in [0.25, 0.3) is 0 Å². The van der Waals surface area contributed by atoms with E-state index in [1.54, 1.807) is 4.90 Å². The van der Waals surface area contributed by atoms with Gasteiger partial charge in [-0.05, 0) is 50.8 Å². The monoisotopic (exact) mass is 454 g/mol. The van der Waals surface area contributed by atoms with Gasteiger partial charge in [0.15, 0.2) is 0 Å². The van der Waals surface area contributed by atoms with Crippen LogP contribution >= 0.6 is 11.3 Å². The van der Waals surface area contributed by atoms with Gasteiger partial charge in [-0.3, -0.25) is 14.5 Å². The Hall–Kier alpha value is -2.68. The van der Waals surface area contributed by atoms with Gasteiger partial charge in [-0.1, -0.05) is 23.5 Å². The van der Waals surface area contributed by atoms with Crippen LogP contribution in [0.5, 0.6) is 0 Å². The average Bonchev–Trinajstić information content (AvgIpc) is 3.53. The highest BCUT2D eigenvalue weighted by Gasteiger charge is 2.38. The Balaban J connectivity index is 1.26. The van der Waals surface area contributed by atoms with Crippen LogP contribution in [0.1, 0.15) is 38.2 Å². The van der Waals surface area contributed by atoms with Crippen LogP contribution in [0.2, 0.25) is 0 Å². The molecule has 0 bridgehead atoms. The van der Waals surface area contributed by atoms with E-state index in [-0.39, 0.29) is 23.9 Å². The van der Waals surface area contributed by atoms with Gasteiger partial charge in [0, 0.05) is 50.9 Å². The lowest BCUT2D eigenvalue weighted by Gasteiger charge is -2.42. The van der Waals surface area contributed by atoms with Gasteiger partial charge in [-0.25, -0.2) is 0 Å². The van der Waals surface area contributed by atoms with Crippen LogP contribution in [0.3, 0.4) is 0 Å². The molecule has 170 valence electrons. The van der Waals surface area contributed by atoms with Crippen molar-refractivity contribution in [2.45, 2.75) is 51.6 Å². The molecule has 2 aromatic rings. The topological polar surface area (TPSA) is 72.9 Å². The number of piperazine rings is 1. The molecule has 2 amide bonds. The molecule has 32 heavy (non-hydrogen) atoms. The van der Waals surface area contributed by atoms with Crippen molar-refractivity contribution >= 4 is 39.1 Å². The highest BCUT2D eigenvalue weighted by Crippen LogP contribution is 2.34. The third kappa shape index (κ3) is 3.94. The number of aryl methyl sites for hydroxylation is 1. The van der Waals surface area contributed by atoms with Crippen molar-refractivity contribution in [2.24, 2.45) is 0 Å². The Kier molecular flexibility index (Phi) is 5.75. The molecule has 0 N–H and O–H groups in total. The standard InChI is InChI=1S/C23H30N6O2S/c1-16-6-3-7-18(14-16)27-13-12-26(15-17(27)2)21(31)19-8-4-10-28(19)22-24-25-23(32-22)29-11-5-9-20(29)30/h3,6-7,14,17,19H,4-5,8-13,15H2,1-2H3/t17-,19+/m0/s1. The van der Waals surface area contributed by atoms with Gasteiger partial charge in [0.1, 0.15) is 6.04 Å². The predicted octanol–water partition coefficient (Wildman–Crippen LogP) is 2.68. The fourth-order valence-electron chi connectivity index (χ4n) is 5.09. The van der Waals surface area contributed by atoms with Gasteiger partial charge in [0.05, 0.1) is 0 Å². The Labute approximate surface area is 192 Å². The maximum Gasteiger partial charge on any atom is 0.245 e. The van der Waals surface area contributed by atoms with E-state index in [4.69, 9.17) is 0 Å². The number of hydrogen-bond donors (Lipinski definition) is 0. The number of amides is 2. The normalized spacial score (nSPS) is 24.0. The first-order valence-electron chi connectivity index (χ1n) is 11.5. The third-order valence-corrected chi connectivity index (χ3v) is 7.75. The first kappa shape index (κ1) is 21.2. The number of rotatable bonds is 4. The highest BCUT2D eigenvalue weighted by atomic mass is 32.1. The largest absolute Gasteiger partial charge is 0.365 e. The van der Waals surface area contributed by atoms with Gasteiger partial charge >= 0.3 is 0 Å². The summed E-state index contributed by atoms with van der Waals surface area (Å²) in [5.41, 5.74) is 2.48. The van der Waals surface area contributed by atoms with Crippen molar-refractivity contribution in [3.63, 3.8) is 0 Å². The molecule has 0 radical (unpaired) electrons. The van der Waals surface area contributed by atoms with E-state index < -0.39 is 0 Å². The summed E-state index contributed by atoms with van der Waals surface area (Å²) in [5.74, 6) is 0.300. The average molecular weight is 455 g/mol. The zero-order valence-corrected chi connectivity index (χ0v) is 19.6. The zero-order valence-electron chi connectivity index (χ0n) is 18.7. The van der Waals surface area contributed by atoms with E-state index in [9.17, 15) is 9.59 Å². The van der Waals surface area contributed by atoms with Crippen LogP contribution < -0.4 is 14.7 Å². The Morgan fingerprint density at radius 2 is 1.91 bits per heavy atom. The number of nitrogens with zero attached hydrogens (tertiary/aromatic N) is 6. The molecule has 0 saturated carbocycles. The van der Waals surface area contributed by atoms with E-state index >= 15 is 0 Å². The molecule has 2 atom stereocenters. The first-order valence-corrected chi connectivity index (χ1v) is 12.4. The van der Waals surface area contributed by atoms with Crippen LogP contribution in [-0.4, -0.2) is 71.7 Å². The van der Waals surface area contributed by atoms with E-state index in [1.807, 2.05) is 4.90 Å². The molecule has 3 aliphatic rings. The van der Waals surface area contributed by atoms with Crippen LogP contribution in [-0.2, 0) is 9.59 Å². The van der Waals surface area contributed by atoms with Crippen molar-refractivity contribution in [2.75, 3.05) is 47.4 Å². The fraction of sp³-hybridized carbons (Fsp3) is 0.565. The molecule has 1 aromatic heterocycles. The van der Waals surface area contributed by atoms with Crippen LogP contribution in [0.15, 0.2) is 24.3 Å². The predicted molar refractivity (Wildman–Crippen MR) is 126 cm³/mol. The number of anilines is 3. The Morgan fingerprint density at radius 3 is 2.66 bits per heavy atom. The molecule has 5 rings (SSSR count). The number of aromatic nitrogens is 2. The van der Waals surface area contributed by atoms with Gasteiger partial charge in [-0.15, -0.1) is 10.2 Å². The van der Waals surface area contributed by atoms with Gasteiger partial charge < -0.3 is 14.7 Å². The quantitative estimate of drug-likeness (QED) is 0.707. The molecule has 3 fully saturated rings. The Morgan fingerprint density at radius 1 is 1.06 bits per heavy atom. The Bertz CT molecular complexity index is 1010. The summed E-state index contributed by atoms with van der Waals surface area (Å²) in [7, 11) is 0. The van der Waals surface area contributed by atoms with Gasteiger partial charge in [0.2, 0.25) is 22.1 Å². The van der Waals surface area contributed by atoms with Crippen molar-refractivity contribution in [1.29, 1.82) is 0 Å². The third-order valence-electron chi connectivity index (χ3n) is 6.76. The second-order valence-corrected chi connectivity index (χ2v) is 9.97. The second kappa shape index (κ2) is 8.69. The molecule has 9 heteroatoms. The molecule has 1 aromatic carbocycles. The van der Waals surface area contributed by atoms with E-state index in [1.165, 1.54) is 22.6 Å². The lowest BCUT2D eigenvalue weighted by atomic mass is 10.1. The number of hydrogen-bond acceptors (Lipinski definition) is 7. The van der Waals surface area contributed by atoms with E-state index in [2.05, 4.69) is 58.1 Å². The summed E-state index contributed by atoms with van der Waals surface area (Å²) >= 11 is 1.43. The number of carbonyl (C=O) groups is 2. The molecule has 3 saturated heterocycles. The van der Waals surface area contributed by atoms with E-state index in [0.29, 0.717) is 18.1 Å². The van der Waals surface area contributed by atoms with Crippen LogP contribution in [0, 0.1) is 6.92 Å². The summed E-state index contributed by atoms with van der Waals surface area (Å²) < 4.78 is 0. The zero-order chi connectivity index (χ0) is 22.2. The van der Waals surface area contributed by atoms with E-state index in [0.717, 1.165) is 50.6 Å². The molecule has 8 nitrogen and oxygen atoms in total. The lowest BCUT2D eigenvalue weighted by molar-refractivity contribution is -0.133. The molecule has 4 heterocycles. The summed E-state index contributed by atoms with van der Waals surface area (Å²) in [6.07, 6.45) is 3.24. The van der Waals surface area contributed by atoms with Crippen molar-refractivity contribution in [3.05, 3.63) is 29.8 Å². The maximum absolute atomic E-state index is 13.5. The van der Waals surface area contributed by atoms with Crippen LogP contribution in [0.4, 0.5) is 16.0 Å². The summed E-state index contributed by atoms with van der Waals surface area (Å²) in [4.78, 5) is 33.8. The minimum atomic E-state index is -0.192. The minimum absolute atomic E-state index is 0.113. The highest BCUT2D eigenvalue weighted by molar-refractivity contribution is 7.19. The fourth-order valence-corrected chi connectivity index (χ4v) is 6.06. The van der Waals surface area contributed by atoms with Gasteiger partial charge in [-0.2, -0.15) is 0 Å². The summed E-state index contributed by atoms with van der Waals surface area (Å²) in [5, 5.41) is 10.0. The SMILES string of the molecule is Cc1cccc(N2CCN(C(=O)[C@H]3CCCN3c3nnc(N4CCCC4=O)s3)C[C@@H]2C)c1. The number of carbonyl (C=O) groups excluding carboxylic acids is 2. The summed E-state index contributed by atoms with van der Waals surface area (Å²) in [6.45, 7) is 8.10. The second-order valence-electron chi connectivity index (χ2n) is 9.03. The molecule has 0 spiro atoms. The molecular weight excluding hydrogens is 424 g/mol. The molecule has 0 unspecified atom stereocenters. The smallest absolute Gasteiger partial charge is 0.245 e. The minimum Gasteiger partial charge on any atom is -0.365 e. The molecule has 0 aliphatic carbocycles. The molecule has 3 aliphatic heterocycles. The number of benzene rings is 1. The van der Waals surface area contributed by atoms with Crippen molar-refractivity contribution < 1.29 is 9.59 Å². The molecular formula is C23H30N6O2S. The summed E-state index contributed by atoms with van der Waals surface area (Å²) in [6, 6.07) is 8.64. The lowest BCUT2D eigenvalue weighted by Crippen LogP contribution is -2.57.